The van der Waals surface area contributed by atoms with Gasteiger partial charge in [-0.25, -0.2) is 4.79 Å². The van der Waals surface area contributed by atoms with E-state index in [2.05, 4.69) is 19.2 Å². The molecule has 1 aliphatic carbocycles. The number of hydrogen-bond donors (Lipinski definition) is 1. The van der Waals surface area contributed by atoms with Gasteiger partial charge in [-0.2, -0.15) is 0 Å². The summed E-state index contributed by atoms with van der Waals surface area (Å²) in [6.45, 7) is 4.42. The molecule has 6 heteroatoms. The third-order valence-electron chi connectivity index (χ3n) is 5.50. The van der Waals surface area contributed by atoms with E-state index in [0.717, 1.165) is 34.8 Å². The summed E-state index contributed by atoms with van der Waals surface area (Å²) in [4.78, 5) is 30.7. The van der Waals surface area contributed by atoms with Gasteiger partial charge < -0.3 is 10.1 Å². The SMILES string of the molecule is COC(=O)C1CSC2=C(CC(C)(C)C/C2=N\c2ccc(C(=O)c3ccccc3)cc2)N1. The van der Waals surface area contributed by atoms with E-state index in [9.17, 15) is 9.59 Å². The number of benzene rings is 2. The number of methoxy groups -OCH3 is 1. The summed E-state index contributed by atoms with van der Waals surface area (Å²) in [6, 6.07) is 16.4. The van der Waals surface area contributed by atoms with Crippen molar-refractivity contribution in [2.45, 2.75) is 32.7 Å². The summed E-state index contributed by atoms with van der Waals surface area (Å²) < 4.78 is 4.91. The number of carbonyl (C=O) groups is 2. The second-order valence-corrected chi connectivity index (χ2v) is 9.69. The molecule has 0 saturated carbocycles. The normalized spacial score (nSPS) is 21.3. The zero-order valence-electron chi connectivity index (χ0n) is 18.0. The van der Waals surface area contributed by atoms with Gasteiger partial charge in [0.2, 0.25) is 0 Å². The molecule has 2 aromatic rings. The fourth-order valence-corrected chi connectivity index (χ4v) is 5.14. The van der Waals surface area contributed by atoms with Gasteiger partial charge in [-0.05, 0) is 42.5 Å². The zero-order chi connectivity index (χ0) is 22.0. The summed E-state index contributed by atoms with van der Waals surface area (Å²) >= 11 is 1.66. The molecule has 1 unspecified atom stereocenters. The predicted octanol–water partition coefficient (Wildman–Crippen LogP) is 4.90. The van der Waals surface area contributed by atoms with Crippen LogP contribution < -0.4 is 5.32 Å². The van der Waals surface area contributed by atoms with Crippen molar-refractivity contribution in [3.8, 4) is 0 Å². The molecule has 0 bridgehead atoms. The molecule has 0 amide bonds. The van der Waals surface area contributed by atoms with Crippen LogP contribution in [0.5, 0.6) is 0 Å². The minimum Gasteiger partial charge on any atom is -0.467 e. The van der Waals surface area contributed by atoms with E-state index in [1.54, 1.807) is 11.8 Å². The number of carbonyl (C=O) groups excluding carboxylic acids is 2. The molecular formula is C25H26N2O3S. The number of aliphatic imine (C=N–C) groups is 1. The average Bonchev–Trinajstić information content (AvgIpc) is 2.78. The monoisotopic (exact) mass is 434 g/mol. The third kappa shape index (κ3) is 4.74. The highest BCUT2D eigenvalue weighted by molar-refractivity contribution is 8.04. The molecule has 0 radical (unpaired) electrons. The van der Waals surface area contributed by atoms with Gasteiger partial charge in [0.15, 0.2) is 5.78 Å². The van der Waals surface area contributed by atoms with Crippen molar-refractivity contribution in [3.63, 3.8) is 0 Å². The number of thioether (sulfide) groups is 1. The van der Waals surface area contributed by atoms with Gasteiger partial charge in [-0.15, -0.1) is 11.8 Å². The van der Waals surface area contributed by atoms with Crippen molar-refractivity contribution in [1.82, 2.24) is 5.32 Å². The summed E-state index contributed by atoms with van der Waals surface area (Å²) in [5.41, 5.74) is 4.27. The lowest BCUT2D eigenvalue weighted by Crippen LogP contribution is -2.45. The highest BCUT2D eigenvalue weighted by atomic mass is 32.2. The van der Waals surface area contributed by atoms with Gasteiger partial charge in [0.1, 0.15) is 6.04 Å². The van der Waals surface area contributed by atoms with Crippen molar-refractivity contribution >= 4 is 34.9 Å². The molecule has 0 spiro atoms. The van der Waals surface area contributed by atoms with Crippen molar-refractivity contribution in [2.75, 3.05) is 12.9 Å². The second-order valence-electron chi connectivity index (χ2n) is 8.66. The van der Waals surface area contributed by atoms with Crippen LogP contribution in [0, 0.1) is 5.41 Å². The summed E-state index contributed by atoms with van der Waals surface area (Å²) in [5.74, 6) is 0.388. The zero-order valence-corrected chi connectivity index (χ0v) is 18.8. The first-order valence-electron chi connectivity index (χ1n) is 10.3. The number of allylic oxidation sites excluding steroid dienone is 2. The number of hydrogen-bond acceptors (Lipinski definition) is 6. The number of rotatable bonds is 4. The van der Waals surface area contributed by atoms with Crippen molar-refractivity contribution in [2.24, 2.45) is 10.4 Å². The van der Waals surface area contributed by atoms with E-state index in [1.165, 1.54) is 7.11 Å². The lowest BCUT2D eigenvalue weighted by Gasteiger charge is -2.38. The van der Waals surface area contributed by atoms with E-state index in [4.69, 9.17) is 9.73 Å². The Morgan fingerprint density at radius 2 is 1.71 bits per heavy atom. The number of ketones is 1. The second kappa shape index (κ2) is 8.71. The Balaban J connectivity index is 1.60. The minimum absolute atomic E-state index is 0.00415. The number of nitrogens with zero attached hydrogens (tertiary/aromatic N) is 1. The molecule has 0 fully saturated rings. The third-order valence-corrected chi connectivity index (χ3v) is 6.77. The molecule has 0 aromatic heterocycles. The molecule has 4 rings (SSSR count). The quantitative estimate of drug-likeness (QED) is 0.548. The molecule has 5 nitrogen and oxygen atoms in total. The molecule has 1 aliphatic heterocycles. The van der Waals surface area contributed by atoms with Gasteiger partial charge >= 0.3 is 5.97 Å². The van der Waals surface area contributed by atoms with E-state index >= 15 is 0 Å². The molecule has 1 N–H and O–H groups in total. The Kier molecular flexibility index (Phi) is 6.01. The first-order valence-corrected chi connectivity index (χ1v) is 11.3. The van der Waals surface area contributed by atoms with Crippen molar-refractivity contribution in [1.29, 1.82) is 0 Å². The largest absolute Gasteiger partial charge is 0.467 e. The summed E-state index contributed by atoms with van der Waals surface area (Å²) in [7, 11) is 1.42. The Bertz CT molecular complexity index is 1060. The summed E-state index contributed by atoms with van der Waals surface area (Å²) in [5, 5.41) is 3.38. The smallest absolute Gasteiger partial charge is 0.329 e. The average molecular weight is 435 g/mol. The van der Waals surface area contributed by atoms with E-state index in [-0.39, 0.29) is 23.2 Å². The van der Waals surface area contributed by atoms with E-state index in [0.29, 0.717) is 16.9 Å². The lowest BCUT2D eigenvalue weighted by molar-refractivity contribution is -0.142. The van der Waals surface area contributed by atoms with Crippen LogP contribution in [0.25, 0.3) is 0 Å². The van der Waals surface area contributed by atoms with Crippen LogP contribution in [0.2, 0.25) is 0 Å². The Morgan fingerprint density at radius 3 is 2.39 bits per heavy atom. The first kappa shape index (κ1) is 21.4. The molecule has 2 aliphatic rings. The topological polar surface area (TPSA) is 67.8 Å². The van der Waals surface area contributed by atoms with E-state index in [1.807, 2.05) is 54.6 Å². The number of ether oxygens (including phenoxy) is 1. The van der Waals surface area contributed by atoms with Crippen molar-refractivity contribution in [3.05, 3.63) is 76.3 Å². The maximum Gasteiger partial charge on any atom is 0.329 e. The van der Waals surface area contributed by atoms with Crippen LogP contribution in [0.1, 0.15) is 42.6 Å². The van der Waals surface area contributed by atoms with Crippen LogP contribution in [0.4, 0.5) is 5.69 Å². The van der Waals surface area contributed by atoms with Gasteiger partial charge in [0.25, 0.3) is 0 Å². The van der Waals surface area contributed by atoms with Crippen LogP contribution in [-0.4, -0.2) is 36.4 Å². The molecule has 160 valence electrons. The Labute approximate surface area is 187 Å². The fourth-order valence-electron chi connectivity index (χ4n) is 3.99. The van der Waals surface area contributed by atoms with E-state index < -0.39 is 0 Å². The highest BCUT2D eigenvalue weighted by Crippen LogP contribution is 2.43. The van der Waals surface area contributed by atoms with Gasteiger partial charge in [0, 0.05) is 27.5 Å². The fraction of sp³-hybridized carbons (Fsp3) is 0.320. The molecule has 31 heavy (non-hydrogen) atoms. The highest BCUT2D eigenvalue weighted by Gasteiger charge is 2.37. The van der Waals surface area contributed by atoms with Crippen LogP contribution in [-0.2, 0) is 9.53 Å². The molecule has 1 heterocycles. The number of nitrogens with one attached hydrogen (secondary N) is 1. The molecule has 0 saturated heterocycles. The molecular weight excluding hydrogens is 408 g/mol. The Hall–Kier alpha value is -2.86. The van der Waals surface area contributed by atoms with Gasteiger partial charge in [-0.3, -0.25) is 9.79 Å². The van der Waals surface area contributed by atoms with Gasteiger partial charge in [0.05, 0.1) is 18.5 Å². The Morgan fingerprint density at radius 1 is 1.03 bits per heavy atom. The molecule has 2 aromatic carbocycles. The van der Waals surface area contributed by atoms with Crippen molar-refractivity contribution < 1.29 is 14.3 Å². The van der Waals surface area contributed by atoms with Gasteiger partial charge in [-0.1, -0.05) is 44.2 Å². The predicted molar refractivity (Wildman–Crippen MR) is 125 cm³/mol. The first-order chi connectivity index (χ1) is 14.9. The van der Waals surface area contributed by atoms with Crippen LogP contribution in [0.3, 0.4) is 0 Å². The maximum atomic E-state index is 12.6. The standard InChI is InChI=1S/C25H26N2O3S/c1-25(2)13-19(23-20(14-25)27-21(15-31-23)24(29)30-3)26-18-11-9-17(10-12-18)22(28)16-7-5-4-6-8-16/h4-12,21,27H,13-15H2,1-3H3/b26-19+. The van der Waals surface area contributed by atoms with Crippen LogP contribution in [0.15, 0.2) is 70.2 Å². The number of esters is 1. The van der Waals surface area contributed by atoms with Crippen LogP contribution >= 0.6 is 11.8 Å². The lowest BCUT2D eigenvalue weighted by atomic mass is 9.78. The maximum absolute atomic E-state index is 12.6. The minimum atomic E-state index is -0.327. The summed E-state index contributed by atoms with van der Waals surface area (Å²) in [6.07, 6.45) is 1.72. The molecule has 1 atom stereocenters.